The molecule has 2 aliphatic heterocycles. The van der Waals surface area contributed by atoms with Gasteiger partial charge in [-0.25, -0.2) is 0 Å². The van der Waals surface area contributed by atoms with Crippen molar-refractivity contribution in [3.63, 3.8) is 0 Å². The predicted octanol–water partition coefficient (Wildman–Crippen LogP) is 2.92. The van der Waals surface area contributed by atoms with E-state index in [0.717, 1.165) is 82.9 Å². The zero-order valence-corrected chi connectivity index (χ0v) is 17.6. The Labute approximate surface area is 173 Å². The average molecular weight is 409 g/mol. The fourth-order valence-electron chi connectivity index (χ4n) is 3.62. The van der Waals surface area contributed by atoms with Crippen LogP contribution in [0, 0.1) is 5.92 Å². The number of guanidine groups is 1. The second-order valence-electron chi connectivity index (χ2n) is 7.47. The first-order valence-corrected chi connectivity index (χ1v) is 10.8. The van der Waals surface area contributed by atoms with E-state index >= 15 is 0 Å². The average Bonchev–Trinajstić information content (AvgIpc) is 3.37. The van der Waals surface area contributed by atoms with Crippen LogP contribution in [0.5, 0.6) is 0 Å². The highest BCUT2D eigenvalue weighted by molar-refractivity contribution is 6.30. The number of rotatable bonds is 9. The van der Waals surface area contributed by atoms with E-state index in [1.165, 1.54) is 5.69 Å². The molecule has 2 unspecified atom stereocenters. The SMILES string of the molecule is CCNC(=NCCCOCC1CCOC1)NC1CCN(c2cccc(Cl)c2)C1. The number of aliphatic imine (C=N–C) groups is 1. The van der Waals surface area contributed by atoms with Crippen LogP contribution in [0.3, 0.4) is 0 Å². The van der Waals surface area contributed by atoms with Crippen LogP contribution in [0.25, 0.3) is 0 Å². The number of nitrogens with zero attached hydrogens (tertiary/aromatic N) is 2. The van der Waals surface area contributed by atoms with Gasteiger partial charge in [0.05, 0.1) is 13.2 Å². The van der Waals surface area contributed by atoms with Gasteiger partial charge >= 0.3 is 0 Å². The molecule has 156 valence electrons. The molecule has 2 aliphatic rings. The Balaban J connectivity index is 1.38. The summed E-state index contributed by atoms with van der Waals surface area (Å²) in [5, 5.41) is 7.71. The third-order valence-electron chi connectivity index (χ3n) is 5.14. The van der Waals surface area contributed by atoms with Gasteiger partial charge in [0.1, 0.15) is 0 Å². The Morgan fingerprint density at radius 1 is 1.39 bits per heavy atom. The maximum atomic E-state index is 6.13. The fourth-order valence-corrected chi connectivity index (χ4v) is 3.81. The minimum absolute atomic E-state index is 0.385. The summed E-state index contributed by atoms with van der Waals surface area (Å²) in [5.74, 6) is 1.47. The van der Waals surface area contributed by atoms with Crippen LogP contribution in [0.2, 0.25) is 5.02 Å². The molecule has 6 nitrogen and oxygen atoms in total. The second-order valence-corrected chi connectivity index (χ2v) is 7.91. The molecular formula is C21H33ClN4O2. The molecule has 7 heteroatoms. The highest BCUT2D eigenvalue weighted by Gasteiger charge is 2.23. The topological polar surface area (TPSA) is 58.1 Å². The predicted molar refractivity (Wildman–Crippen MR) is 116 cm³/mol. The number of ether oxygens (including phenoxy) is 2. The molecule has 28 heavy (non-hydrogen) atoms. The highest BCUT2D eigenvalue weighted by atomic mass is 35.5. The summed E-state index contributed by atoms with van der Waals surface area (Å²) < 4.78 is 11.1. The minimum Gasteiger partial charge on any atom is -0.381 e. The zero-order chi connectivity index (χ0) is 19.6. The molecule has 1 aromatic carbocycles. The maximum absolute atomic E-state index is 6.13. The highest BCUT2D eigenvalue weighted by Crippen LogP contribution is 2.23. The van der Waals surface area contributed by atoms with Crippen LogP contribution >= 0.6 is 11.6 Å². The summed E-state index contributed by atoms with van der Waals surface area (Å²) in [5.41, 5.74) is 1.18. The van der Waals surface area contributed by atoms with Crippen molar-refractivity contribution in [2.24, 2.45) is 10.9 Å². The van der Waals surface area contributed by atoms with Crippen molar-refractivity contribution in [3.8, 4) is 0 Å². The molecule has 0 radical (unpaired) electrons. The Bertz CT molecular complexity index is 622. The van der Waals surface area contributed by atoms with Crippen molar-refractivity contribution >= 4 is 23.2 Å². The van der Waals surface area contributed by atoms with E-state index in [2.05, 4.69) is 28.5 Å². The molecule has 0 bridgehead atoms. The van der Waals surface area contributed by atoms with Gasteiger partial charge in [-0.05, 0) is 44.4 Å². The molecule has 2 fully saturated rings. The van der Waals surface area contributed by atoms with Gasteiger partial charge in [-0.3, -0.25) is 4.99 Å². The van der Waals surface area contributed by atoms with Gasteiger partial charge in [0.2, 0.25) is 0 Å². The number of hydrogen-bond donors (Lipinski definition) is 2. The monoisotopic (exact) mass is 408 g/mol. The smallest absolute Gasteiger partial charge is 0.191 e. The summed E-state index contributed by atoms with van der Waals surface area (Å²) >= 11 is 6.13. The van der Waals surface area contributed by atoms with Crippen molar-refractivity contribution in [1.29, 1.82) is 0 Å². The summed E-state index contributed by atoms with van der Waals surface area (Å²) in [6.07, 6.45) is 3.15. The van der Waals surface area contributed by atoms with Crippen LogP contribution < -0.4 is 15.5 Å². The van der Waals surface area contributed by atoms with Gasteiger partial charge in [0, 0.05) is 62.1 Å². The number of halogens is 1. The molecule has 2 heterocycles. The van der Waals surface area contributed by atoms with E-state index in [4.69, 9.17) is 26.1 Å². The van der Waals surface area contributed by atoms with E-state index in [-0.39, 0.29) is 0 Å². The number of anilines is 1. The first-order valence-electron chi connectivity index (χ1n) is 10.5. The Morgan fingerprint density at radius 3 is 3.11 bits per heavy atom. The lowest BCUT2D eigenvalue weighted by Gasteiger charge is -2.20. The molecule has 0 amide bonds. The molecular weight excluding hydrogens is 376 g/mol. The van der Waals surface area contributed by atoms with Crippen LogP contribution in [0.1, 0.15) is 26.2 Å². The Kier molecular flexibility index (Phi) is 8.70. The van der Waals surface area contributed by atoms with Gasteiger partial charge in [-0.1, -0.05) is 17.7 Å². The number of nitrogens with one attached hydrogen (secondary N) is 2. The van der Waals surface area contributed by atoms with Gasteiger partial charge in [-0.15, -0.1) is 0 Å². The first kappa shape index (κ1) is 21.2. The molecule has 1 aromatic rings. The third kappa shape index (κ3) is 6.83. The lowest BCUT2D eigenvalue weighted by Crippen LogP contribution is -2.44. The molecule has 3 rings (SSSR count). The molecule has 0 aliphatic carbocycles. The van der Waals surface area contributed by atoms with Crippen molar-refractivity contribution < 1.29 is 9.47 Å². The van der Waals surface area contributed by atoms with E-state index in [0.29, 0.717) is 12.0 Å². The van der Waals surface area contributed by atoms with E-state index < -0.39 is 0 Å². The van der Waals surface area contributed by atoms with Crippen LogP contribution in [-0.2, 0) is 9.47 Å². The van der Waals surface area contributed by atoms with Gasteiger partial charge in [0.15, 0.2) is 5.96 Å². The van der Waals surface area contributed by atoms with Crippen LogP contribution in [0.15, 0.2) is 29.3 Å². The maximum Gasteiger partial charge on any atom is 0.191 e. The fraction of sp³-hybridized carbons (Fsp3) is 0.667. The summed E-state index contributed by atoms with van der Waals surface area (Å²) in [6.45, 7) is 8.99. The molecule has 0 saturated carbocycles. The van der Waals surface area contributed by atoms with Gasteiger partial charge in [-0.2, -0.15) is 0 Å². The zero-order valence-electron chi connectivity index (χ0n) is 16.8. The molecule has 2 N–H and O–H groups in total. The van der Waals surface area contributed by atoms with Gasteiger partial charge < -0.3 is 25.0 Å². The van der Waals surface area contributed by atoms with Crippen molar-refractivity contribution in [2.75, 3.05) is 57.5 Å². The third-order valence-corrected chi connectivity index (χ3v) is 5.38. The summed E-state index contributed by atoms with van der Waals surface area (Å²) in [4.78, 5) is 7.08. The normalized spacial score (nSPS) is 22.6. The molecule has 2 atom stereocenters. The standard InChI is InChI=1S/C21H33ClN4O2/c1-2-23-21(24-9-4-11-27-15-17-8-12-28-16-17)25-19-7-10-26(14-19)20-6-3-5-18(22)13-20/h3,5-6,13,17,19H,2,4,7-12,14-16H2,1H3,(H2,23,24,25). The number of hydrogen-bond acceptors (Lipinski definition) is 4. The lowest BCUT2D eigenvalue weighted by molar-refractivity contribution is 0.0893. The first-order chi connectivity index (χ1) is 13.7. The molecule has 0 aromatic heterocycles. The lowest BCUT2D eigenvalue weighted by atomic mass is 10.1. The van der Waals surface area contributed by atoms with Crippen LogP contribution in [-0.4, -0.2) is 64.6 Å². The van der Waals surface area contributed by atoms with Crippen molar-refractivity contribution in [3.05, 3.63) is 29.3 Å². The summed E-state index contributed by atoms with van der Waals surface area (Å²) in [6, 6.07) is 8.45. The van der Waals surface area contributed by atoms with Crippen molar-refractivity contribution in [2.45, 2.75) is 32.2 Å². The largest absolute Gasteiger partial charge is 0.381 e. The molecule has 0 spiro atoms. The second kappa shape index (κ2) is 11.5. The van der Waals surface area contributed by atoms with E-state index in [1.807, 2.05) is 18.2 Å². The van der Waals surface area contributed by atoms with E-state index in [9.17, 15) is 0 Å². The number of benzene rings is 1. The molecule has 2 saturated heterocycles. The Morgan fingerprint density at radius 2 is 2.32 bits per heavy atom. The minimum atomic E-state index is 0.385. The van der Waals surface area contributed by atoms with Crippen molar-refractivity contribution in [1.82, 2.24) is 10.6 Å². The van der Waals surface area contributed by atoms with E-state index in [1.54, 1.807) is 0 Å². The summed E-state index contributed by atoms with van der Waals surface area (Å²) in [7, 11) is 0. The quantitative estimate of drug-likeness (QED) is 0.374. The van der Waals surface area contributed by atoms with Gasteiger partial charge in [0.25, 0.3) is 0 Å². The Hall–Kier alpha value is -1.50. The van der Waals surface area contributed by atoms with Crippen LogP contribution in [0.4, 0.5) is 5.69 Å².